The first-order chi connectivity index (χ1) is 8.63. The molecule has 0 aliphatic carbocycles. The molecule has 0 radical (unpaired) electrons. The maximum Gasteiger partial charge on any atom is 0.233 e. The van der Waals surface area contributed by atoms with E-state index in [-0.39, 0.29) is 11.8 Å². The van der Waals surface area contributed by atoms with Crippen LogP contribution in [-0.4, -0.2) is 11.8 Å². The van der Waals surface area contributed by atoms with Gasteiger partial charge in [0.15, 0.2) is 0 Å². The Morgan fingerprint density at radius 2 is 1.78 bits per heavy atom. The van der Waals surface area contributed by atoms with Crippen molar-refractivity contribution in [2.45, 2.75) is 25.7 Å². The van der Waals surface area contributed by atoms with Gasteiger partial charge in [-0.3, -0.25) is 9.59 Å². The summed E-state index contributed by atoms with van der Waals surface area (Å²) in [6, 6.07) is 6.97. The molecule has 18 heavy (non-hydrogen) atoms. The van der Waals surface area contributed by atoms with E-state index in [0.29, 0.717) is 24.1 Å². The van der Waals surface area contributed by atoms with Crippen LogP contribution in [0.1, 0.15) is 31.2 Å². The molecule has 1 saturated heterocycles. The zero-order chi connectivity index (χ0) is 13.1. The number of imide groups is 1. The molecule has 2 rings (SSSR count). The fourth-order valence-electron chi connectivity index (χ4n) is 1.97. The molecule has 0 N–H and O–H groups in total. The van der Waals surface area contributed by atoms with Crippen LogP contribution in [0.15, 0.2) is 22.7 Å². The van der Waals surface area contributed by atoms with Crippen molar-refractivity contribution in [3.8, 4) is 6.07 Å². The molecule has 0 aromatic heterocycles. The highest BCUT2D eigenvalue weighted by atomic mass is 79.9. The maximum absolute atomic E-state index is 12.0. The van der Waals surface area contributed by atoms with Gasteiger partial charge in [-0.2, -0.15) is 5.26 Å². The third kappa shape index (κ3) is 2.44. The zero-order valence-corrected chi connectivity index (χ0v) is 11.2. The Morgan fingerprint density at radius 3 is 2.33 bits per heavy atom. The molecule has 1 aliphatic rings. The molecule has 0 bridgehead atoms. The van der Waals surface area contributed by atoms with Gasteiger partial charge in [-0.25, -0.2) is 4.90 Å². The van der Waals surface area contributed by atoms with E-state index in [9.17, 15) is 9.59 Å². The molecule has 0 saturated carbocycles. The van der Waals surface area contributed by atoms with Gasteiger partial charge in [0.2, 0.25) is 11.8 Å². The fraction of sp³-hybridized carbons (Fsp3) is 0.308. The number of anilines is 1. The van der Waals surface area contributed by atoms with Gasteiger partial charge in [0.1, 0.15) is 6.07 Å². The minimum atomic E-state index is -0.230. The standard InChI is InChI=1S/C13H11BrN2O2/c14-10-6-5-9(8-15)11(7-10)16-12(17)3-1-2-4-13(16)18/h5-7H,1-4H2. The maximum atomic E-state index is 12.0. The third-order valence-electron chi connectivity index (χ3n) is 2.85. The number of amides is 2. The summed E-state index contributed by atoms with van der Waals surface area (Å²) < 4.78 is 0.737. The van der Waals surface area contributed by atoms with Gasteiger partial charge in [0.25, 0.3) is 0 Å². The molecule has 92 valence electrons. The van der Waals surface area contributed by atoms with Crippen molar-refractivity contribution in [2.75, 3.05) is 4.90 Å². The van der Waals surface area contributed by atoms with Crippen LogP contribution in [0, 0.1) is 11.3 Å². The summed E-state index contributed by atoms with van der Waals surface area (Å²) in [5.41, 5.74) is 0.713. The number of halogens is 1. The van der Waals surface area contributed by atoms with Crippen molar-refractivity contribution in [1.82, 2.24) is 0 Å². The van der Waals surface area contributed by atoms with Crippen LogP contribution in [-0.2, 0) is 9.59 Å². The average Bonchev–Trinajstić information content (AvgIpc) is 2.50. The van der Waals surface area contributed by atoms with Crippen molar-refractivity contribution in [2.24, 2.45) is 0 Å². The summed E-state index contributed by atoms with van der Waals surface area (Å²) in [6.45, 7) is 0. The van der Waals surface area contributed by atoms with Gasteiger partial charge in [-0.15, -0.1) is 0 Å². The second kappa shape index (κ2) is 5.32. The summed E-state index contributed by atoms with van der Waals surface area (Å²) in [5.74, 6) is -0.459. The number of rotatable bonds is 1. The molecular weight excluding hydrogens is 296 g/mol. The fourth-order valence-corrected chi connectivity index (χ4v) is 2.32. The Morgan fingerprint density at radius 1 is 1.17 bits per heavy atom. The normalized spacial score (nSPS) is 16.3. The van der Waals surface area contributed by atoms with E-state index in [1.54, 1.807) is 18.2 Å². The Balaban J connectivity index is 2.51. The predicted octanol–water partition coefficient (Wildman–Crippen LogP) is 2.75. The Hall–Kier alpha value is -1.67. The van der Waals surface area contributed by atoms with Crippen LogP contribution in [0.2, 0.25) is 0 Å². The van der Waals surface area contributed by atoms with Crippen molar-refractivity contribution >= 4 is 33.4 Å². The average molecular weight is 307 g/mol. The molecule has 1 aromatic rings. The molecular formula is C13H11BrN2O2. The van der Waals surface area contributed by atoms with Crippen LogP contribution >= 0.6 is 15.9 Å². The lowest BCUT2D eigenvalue weighted by atomic mass is 10.1. The highest BCUT2D eigenvalue weighted by molar-refractivity contribution is 9.10. The highest BCUT2D eigenvalue weighted by Crippen LogP contribution is 2.28. The Kier molecular flexibility index (Phi) is 3.78. The van der Waals surface area contributed by atoms with E-state index in [4.69, 9.17) is 5.26 Å². The third-order valence-corrected chi connectivity index (χ3v) is 3.34. The van der Waals surface area contributed by atoms with Gasteiger partial charge in [-0.1, -0.05) is 15.9 Å². The van der Waals surface area contributed by atoms with Crippen LogP contribution in [0.25, 0.3) is 0 Å². The van der Waals surface area contributed by atoms with E-state index in [0.717, 1.165) is 22.2 Å². The summed E-state index contributed by atoms with van der Waals surface area (Å²) in [7, 11) is 0. The van der Waals surface area contributed by atoms with Crippen molar-refractivity contribution in [1.29, 1.82) is 5.26 Å². The topological polar surface area (TPSA) is 61.2 Å². The summed E-state index contributed by atoms with van der Waals surface area (Å²) in [5, 5.41) is 9.07. The van der Waals surface area contributed by atoms with Gasteiger partial charge in [0, 0.05) is 17.3 Å². The van der Waals surface area contributed by atoms with E-state index < -0.39 is 0 Å². The van der Waals surface area contributed by atoms with Crippen LogP contribution in [0.3, 0.4) is 0 Å². The first kappa shape index (κ1) is 12.8. The number of nitrogens with zero attached hydrogens (tertiary/aromatic N) is 2. The van der Waals surface area contributed by atoms with Crippen LogP contribution in [0.4, 0.5) is 5.69 Å². The molecule has 4 nitrogen and oxygen atoms in total. The molecule has 1 aromatic carbocycles. The van der Waals surface area contributed by atoms with Gasteiger partial charge < -0.3 is 0 Å². The summed E-state index contributed by atoms with van der Waals surface area (Å²) >= 11 is 3.29. The lowest BCUT2D eigenvalue weighted by molar-refractivity contribution is -0.125. The molecule has 1 fully saturated rings. The SMILES string of the molecule is N#Cc1ccc(Br)cc1N1C(=O)CCCCC1=O. The molecule has 2 amide bonds. The quantitative estimate of drug-likeness (QED) is 0.750. The van der Waals surface area contributed by atoms with Crippen LogP contribution in [0.5, 0.6) is 0 Å². The van der Waals surface area contributed by atoms with Gasteiger partial charge >= 0.3 is 0 Å². The van der Waals surface area contributed by atoms with E-state index in [1.165, 1.54) is 0 Å². The molecule has 0 unspecified atom stereocenters. The predicted molar refractivity (Wildman–Crippen MR) is 69.8 cm³/mol. The number of benzene rings is 1. The molecule has 0 spiro atoms. The molecule has 0 atom stereocenters. The van der Waals surface area contributed by atoms with Crippen molar-refractivity contribution in [3.05, 3.63) is 28.2 Å². The van der Waals surface area contributed by atoms with Crippen LogP contribution < -0.4 is 4.90 Å². The number of hydrogen-bond donors (Lipinski definition) is 0. The lowest BCUT2D eigenvalue weighted by Crippen LogP contribution is -2.35. The second-order valence-corrected chi connectivity index (χ2v) is 5.02. The lowest BCUT2D eigenvalue weighted by Gasteiger charge is -2.20. The van der Waals surface area contributed by atoms with Crippen molar-refractivity contribution in [3.63, 3.8) is 0 Å². The molecule has 5 heteroatoms. The van der Waals surface area contributed by atoms with Crippen molar-refractivity contribution < 1.29 is 9.59 Å². The molecule has 1 heterocycles. The minimum Gasteiger partial charge on any atom is -0.274 e. The largest absolute Gasteiger partial charge is 0.274 e. The zero-order valence-electron chi connectivity index (χ0n) is 9.65. The van der Waals surface area contributed by atoms with E-state index in [1.807, 2.05) is 6.07 Å². The number of carbonyl (C=O) groups is 2. The number of carbonyl (C=O) groups excluding carboxylic acids is 2. The van der Waals surface area contributed by atoms with Gasteiger partial charge in [0.05, 0.1) is 11.3 Å². The first-order valence-electron chi connectivity index (χ1n) is 5.69. The van der Waals surface area contributed by atoms with Gasteiger partial charge in [-0.05, 0) is 31.0 Å². The Labute approximate surface area is 113 Å². The Bertz CT molecular complexity index is 530. The highest BCUT2D eigenvalue weighted by Gasteiger charge is 2.27. The monoisotopic (exact) mass is 306 g/mol. The minimum absolute atomic E-state index is 0.230. The first-order valence-corrected chi connectivity index (χ1v) is 6.48. The van der Waals surface area contributed by atoms with E-state index in [2.05, 4.69) is 15.9 Å². The van der Waals surface area contributed by atoms with E-state index >= 15 is 0 Å². The smallest absolute Gasteiger partial charge is 0.233 e. The summed E-state index contributed by atoms with van der Waals surface area (Å²) in [6.07, 6.45) is 2.14. The number of nitriles is 1. The summed E-state index contributed by atoms with van der Waals surface area (Å²) in [4.78, 5) is 25.1. The number of hydrogen-bond acceptors (Lipinski definition) is 3. The molecule has 1 aliphatic heterocycles. The second-order valence-electron chi connectivity index (χ2n) is 4.10.